The van der Waals surface area contributed by atoms with Gasteiger partial charge in [0.15, 0.2) is 0 Å². The van der Waals surface area contributed by atoms with Crippen LogP contribution in [-0.4, -0.2) is 40.7 Å². The summed E-state index contributed by atoms with van der Waals surface area (Å²) in [5.41, 5.74) is 4.14. The molecule has 1 heterocycles. The second-order valence-corrected chi connectivity index (χ2v) is 4.65. The number of nitrogens with two attached hydrogens (primary N) is 1. The number of nitrogens with zero attached hydrogens (tertiary/aromatic N) is 1. The largest absolute Gasteiger partial charge is 0.370 e. The highest BCUT2D eigenvalue weighted by molar-refractivity contribution is 6.27. The fraction of sp³-hybridized carbons (Fsp3) is 0.700. The Kier molecular flexibility index (Phi) is 3.98. The molecule has 0 radical (unpaired) electrons. The highest BCUT2D eigenvalue weighted by Gasteiger charge is 2.49. The molecule has 3 N–H and O–H groups in total. The predicted molar refractivity (Wildman–Crippen MR) is 62.0 cm³/mol. The molecule has 17 heavy (non-hydrogen) atoms. The summed E-state index contributed by atoms with van der Waals surface area (Å²) < 4.78 is 0. The molecule has 1 aliphatic rings. The molecule has 0 bridgehead atoms. The monoisotopic (exact) mass is 261 g/mol. The number of rotatable bonds is 4. The zero-order valence-corrected chi connectivity index (χ0v) is 10.6. The van der Waals surface area contributed by atoms with Crippen molar-refractivity contribution in [2.45, 2.75) is 25.9 Å². The zero-order chi connectivity index (χ0) is 13.2. The summed E-state index contributed by atoms with van der Waals surface area (Å²) in [6.45, 7) is 3.53. The maximum absolute atomic E-state index is 11.7. The van der Waals surface area contributed by atoms with Gasteiger partial charge in [0.05, 0.1) is 6.42 Å². The number of primary amides is 1. The minimum Gasteiger partial charge on any atom is -0.370 e. The van der Waals surface area contributed by atoms with Crippen LogP contribution in [0.3, 0.4) is 0 Å². The van der Waals surface area contributed by atoms with Crippen LogP contribution in [0.1, 0.15) is 20.3 Å². The van der Waals surface area contributed by atoms with E-state index in [1.165, 1.54) is 4.90 Å². The van der Waals surface area contributed by atoms with Gasteiger partial charge in [0.25, 0.3) is 0 Å². The molecule has 0 aromatic heterocycles. The normalized spacial score (nSPS) is 24.0. The molecule has 1 saturated heterocycles. The van der Waals surface area contributed by atoms with E-state index in [2.05, 4.69) is 5.32 Å². The topological polar surface area (TPSA) is 92.5 Å². The second-order valence-electron chi connectivity index (χ2n) is 4.38. The third-order valence-electron chi connectivity index (χ3n) is 2.95. The number of carbonyl (C=O) groups is 3. The number of nitrogens with one attached hydrogen (secondary N) is 1. The van der Waals surface area contributed by atoms with E-state index in [0.717, 1.165) is 0 Å². The van der Waals surface area contributed by atoms with Crippen molar-refractivity contribution in [2.75, 3.05) is 12.4 Å². The summed E-state index contributed by atoms with van der Waals surface area (Å²) in [5.74, 6) is -1.65. The van der Waals surface area contributed by atoms with Gasteiger partial charge in [-0.1, -0.05) is 13.8 Å². The van der Waals surface area contributed by atoms with Gasteiger partial charge in [-0.25, -0.2) is 0 Å². The van der Waals surface area contributed by atoms with Crippen molar-refractivity contribution < 1.29 is 14.4 Å². The summed E-state index contributed by atoms with van der Waals surface area (Å²) >= 11 is 5.50. The quantitative estimate of drug-likeness (QED) is 0.663. The van der Waals surface area contributed by atoms with Crippen molar-refractivity contribution in [1.29, 1.82) is 0 Å². The van der Waals surface area contributed by atoms with Crippen molar-refractivity contribution in [2.24, 2.45) is 11.7 Å². The van der Waals surface area contributed by atoms with Gasteiger partial charge in [-0.3, -0.25) is 14.4 Å². The lowest BCUT2D eigenvalue weighted by Gasteiger charge is -2.40. The number of carbonyl (C=O) groups excluding carboxylic acids is 3. The molecule has 1 aliphatic heterocycles. The summed E-state index contributed by atoms with van der Waals surface area (Å²) in [6, 6.07) is 0. The van der Waals surface area contributed by atoms with Crippen LogP contribution in [0.25, 0.3) is 0 Å². The van der Waals surface area contributed by atoms with Gasteiger partial charge in [0, 0.05) is 0 Å². The molecule has 96 valence electrons. The number of halogens is 1. The van der Waals surface area contributed by atoms with Gasteiger partial charge < -0.3 is 16.0 Å². The Morgan fingerprint density at radius 3 is 2.59 bits per heavy atom. The standard InChI is InChI=1S/C10H16ClN3O3/c1-6(2)10(3-7(12)15)13-8(16)5-14(10)9(17)4-11/h6H,3-5H2,1-2H3,(H2,12,15)(H,13,16). The van der Waals surface area contributed by atoms with E-state index in [-0.39, 0.29) is 36.6 Å². The highest BCUT2D eigenvalue weighted by Crippen LogP contribution is 2.30. The van der Waals surface area contributed by atoms with Gasteiger partial charge in [-0.15, -0.1) is 11.6 Å². The van der Waals surface area contributed by atoms with E-state index in [9.17, 15) is 14.4 Å². The summed E-state index contributed by atoms with van der Waals surface area (Å²) in [7, 11) is 0. The molecule has 0 saturated carbocycles. The Hall–Kier alpha value is -1.30. The van der Waals surface area contributed by atoms with E-state index < -0.39 is 11.6 Å². The van der Waals surface area contributed by atoms with Gasteiger partial charge in [-0.2, -0.15) is 0 Å². The molecule has 1 unspecified atom stereocenters. The van der Waals surface area contributed by atoms with E-state index in [1.54, 1.807) is 0 Å². The van der Waals surface area contributed by atoms with Crippen molar-refractivity contribution in [3.8, 4) is 0 Å². The summed E-state index contributed by atoms with van der Waals surface area (Å²) in [5, 5.41) is 2.67. The fourth-order valence-corrected chi connectivity index (χ4v) is 2.23. The van der Waals surface area contributed by atoms with Crippen LogP contribution < -0.4 is 11.1 Å². The second kappa shape index (κ2) is 4.91. The highest BCUT2D eigenvalue weighted by atomic mass is 35.5. The first-order valence-electron chi connectivity index (χ1n) is 5.29. The van der Waals surface area contributed by atoms with Crippen LogP contribution in [0, 0.1) is 5.92 Å². The Morgan fingerprint density at radius 1 is 1.59 bits per heavy atom. The van der Waals surface area contributed by atoms with Gasteiger partial charge >= 0.3 is 0 Å². The van der Waals surface area contributed by atoms with E-state index in [4.69, 9.17) is 17.3 Å². The minimum absolute atomic E-state index is 0.0863. The number of alkyl halides is 1. The predicted octanol–water partition coefficient (Wildman–Crippen LogP) is -0.589. The van der Waals surface area contributed by atoms with Crippen molar-refractivity contribution >= 4 is 29.3 Å². The molecule has 0 spiro atoms. The van der Waals surface area contributed by atoms with Crippen LogP contribution in [0.2, 0.25) is 0 Å². The van der Waals surface area contributed by atoms with Crippen LogP contribution in [0.5, 0.6) is 0 Å². The van der Waals surface area contributed by atoms with E-state index >= 15 is 0 Å². The van der Waals surface area contributed by atoms with Crippen LogP contribution in [0.15, 0.2) is 0 Å². The molecular formula is C10H16ClN3O3. The van der Waals surface area contributed by atoms with Gasteiger partial charge in [0.2, 0.25) is 17.7 Å². The number of hydrogen-bond acceptors (Lipinski definition) is 3. The molecule has 1 fully saturated rings. The molecular weight excluding hydrogens is 246 g/mol. The lowest BCUT2D eigenvalue weighted by Crippen LogP contribution is -2.59. The Morgan fingerprint density at radius 2 is 2.18 bits per heavy atom. The SMILES string of the molecule is CC(C)C1(CC(N)=O)NC(=O)CN1C(=O)CCl. The average Bonchev–Trinajstić information content (AvgIpc) is 2.54. The van der Waals surface area contributed by atoms with E-state index in [1.807, 2.05) is 13.8 Å². The number of hydrogen-bond donors (Lipinski definition) is 2. The van der Waals surface area contributed by atoms with Gasteiger partial charge in [-0.05, 0) is 5.92 Å². The Labute approximate surface area is 104 Å². The fourth-order valence-electron chi connectivity index (χ4n) is 2.08. The third-order valence-corrected chi connectivity index (χ3v) is 3.18. The molecule has 0 aliphatic carbocycles. The lowest BCUT2D eigenvalue weighted by atomic mass is 9.91. The average molecular weight is 262 g/mol. The first-order chi connectivity index (χ1) is 7.83. The molecule has 7 heteroatoms. The number of amides is 3. The molecule has 0 aromatic rings. The van der Waals surface area contributed by atoms with Crippen LogP contribution >= 0.6 is 11.6 Å². The maximum atomic E-state index is 11.7. The zero-order valence-electron chi connectivity index (χ0n) is 9.83. The van der Waals surface area contributed by atoms with Crippen molar-refractivity contribution in [3.63, 3.8) is 0 Å². The molecule has 3 amide bonds. The van der Waals surface area contributed by atoms with Gasteiger partial charge in [0.1, 0.15) is 18.1 Å². The smallest absolute Gasteiger partial charge is 0.241 e. The summed E-state index contributed by atoms with van der Waals surface area (Å²) in [4.78, 5) is 35.6. The first kappa shape index (κ1) is 13.8. The van der Waals surface area contributed by atoms with Crippen molar-refractivity contribution in [3.05, 3.63) is 0 Å². The van der Waals surface area contributed by atoms with Crippen LogP contribution in [0.4, 0.5) is 0 Å². The molecule has 1 atom stereocenters. The lowest BCUT2D eigenvalue weighted by molar-refractivity contribution is -0.137. The van der Waals surface area contributed by atoms with E-state index in [0.29, 0.717) is 0 Å². The minimum atomic E-state index is -1.05. The molecule has 1 rings (SSSR count). The van der Waals surface area contributed by atoms with Crippen LogP contribution in [-0.2, 0) is 14.4 Å². The third kappa shape index (κ3) is 2.52. The maximum Gasteiger partial charge on any atom is 0.241 e. The Bertz CT molecular complexity index is 359. The van der Waals surface area contributed by atoms with Crippen molar-refractivity contribution in [1.82, 2.24) is 10.2 Å². The first-order valence-corrected chi connectivity index (χ1v) is 5.82. The molecule has 0 aromatic carbocycles. The molecule has 6 nitrogen and oxygen atoms in total. The summed E-state index contributed by atoms with van der Waals surface area (Å²) in [6.07, 6.45) is -0.112. The Balaban J connectivity index is 3.11.